The molecule has 4 atom stereocenters. The molecule has 0 aromatic heterocycles. The van der Waals surface area contributed by atoms with Crippen molar-refractivity contribution in [3.05, 3.63) is 65.7 Å². The molecule has 0 radical (unpaired) electrons. The zero-order valence-electron chi connectivity index (χ0n) is 15.7. The summed E-state index contributed by atoms with van der Waals surface area (Å²) in [5.41, 5.74) is 2.27. The Labute approximate surface area is 162 Å². The molecule has 1 amide bonds. The molecule has 1 saturated heterocycles. The lowest BCUT2D eigenvalue weighted by Gasteiger charge is -2.45. The highest BCUT2D eigenvalue weighted by molar-refractivity contribution is 6.10. The number of nitrogens with one attached hydrogen (secondary N) is 1. The lowest BCUT2D eigenvalue weighted by molar-refractivity contribution is -0.156. The van der Waals surface area contributed by atoms with E-state index in [1.165, 1.54) is 0 Å². The molecule has 2 aromatic rings. The van der Waals surface area contributed by atoms with Crippen molar-refractivity contribution in [2.75, 3.05) is 7.11 Å². The number of amides is 1. The van der Waals surface area contributed by atoms with Gasteiger partial charge in [0, 0.05) is 24.2 Å². The highest BCUT2D eigenvalue weighted by Crippen LogP contribution is 2.58. The number of ether oxygens (including phenoxy) is 1. The van der Waals surface area contributed by atoms with Crippen LogP contribution in [0.4, 0.5) is 0 Å². The van der Waals surface area contributed by atoms with Gasteiger partial charge in [-0.05, 0) is 23.3 Å². The van der Waals surface area contributed by atoms with Crippen LogP contribution in [0.1, 0.15) is 36.3 Å². The van der Waals surface area contributed by atoms with E-state index in [0.717, 1.165) is 11.1 Å². The predicted octanol–water partition coefficient (Wildman–Crippen LogP) is 2.75. The van der Waals surface area contributed by atoms with Gasteiger partial charge in [-0.15, -0.1) is 0 Å². The van der Waals surface area contributed by atoms with Gasteiger partial charge in [0.15, 0.2) is 5.41 Å². The van der Waals surface area contributed by atoms with Gasteiger partial charge in [-0.1, -0.05) is 49.4 Å². The lowest BCUT2D eigenvalue weighted by Crippen LogP contribution is -2.53. The summed E-state index contributed by atoms with van der Waals surface area (Å²) in [4.78, 5) is 44.1. The fourth-order valence-electron chi connectivity index (χ4n) is 4.70. The van der Waals surface area contributed by atoms with E-state index >= 15 is 0 Å². The van der Waals surface area contributed by atoms with Gasteiger partial charge < -0.3 is 9.57 Å². The summed E-state index contributed by atoms with van der Waals surface area (Å²) in [6, 6.07) is 16.4. The summed E-state index contributed by atoms with van der Waals surface area (Å²) < 4.78 is 5.21. The van der Waals surface area contributed by atoms with Crippen LogP contribution in [0, 0.1) is 11.3 Å². The summed E-state index contributed by atoms with van der Waals surface area (Å²) in [5.74, 6) is -2.18. The van der Waals surface area contributed by atoms with Crippen molar-refractivity contribution in [2.24, 2.45) is 11.3 Å². The number of hydrogen-bond donors (Lipinski definition) is 1. The topological polar surface area (TPSA) is 81.7 Å². The maximum Gasteiger partial charge on any atom is 0.349 e. The van der Waals surface area contributed by atoms with Gasteiger partial charge in [-0.25, -0.2) is 4.79 Å². The molecule has 6 heteroatoms. The summed E-state index contributed by atoms with van der Waals surface area (Å²) in [7, 11) is 1.57. The summed E-state index contributed by atoms with van der Waals surface area (Å²) in [6.45, 7) is 1.78. The van der Waals surface area contributed by atoms with Gasteiger partial charge in [-0.2, -0.15) is 5.48 Å². The van der Waals surface area contributed by atoms with Crippen LogP contribution < -0.4 is 10.2 Å². The van der Waals surface area contributed by atoms with Crippen LogP contribution in [0.5, 0.6) is 5.75 Å². The van der Waals surface area contributed by atoms with Crippen LogP contribution in [0.15, 0.2) is 54.6 Å². The zero-order chi connectivity index (χ0) is 19.9. The Morgan fingerprint density at radius 2 is 1.68 bits per heavy atom. The molecule has 1 N–H and O–H groups in total. The molecule has 1 heterocycles. The fourth-order valence-corrected chi connectivity index (χ4v) is 4.70. The third-order valence-corrected chi connectivity index (χ3v) is 6.08. The molecule has 2 aromatic carbocycles. The van der Waals surface area contributed by atoms with Gasteiger partial charge in [0.25, 0.3) is 5.91 Å². The number of Topliss-reactive ketones (excluding diaryl/α,β-unsaturated/α-hetero) is 1. The number of hydroxylamine groups is 1. The SMILES string of the molecule is COc1ccc(C2CC(=O)[C@H](C)[C@@H](c3ccccc3)C23C(=O)NOC3=O)cc1. The van der Waals surface area contributed by atoms with E-state index in [4.69, 9.17) is 9.57 Å². The van der Waals surface area contributed by atoms with E-state index in [1.807, 2.05) is 30.3 Å². The molecular weight excluding hydrogens is 358 g/mol. The third kappa shape index (κ3) is 2.52. The second kappa shape index (κ2) is 6.78. The van der Waals surface area contributed by atoms with Gasteiger partial charge in [0.05, 0.1) is 7.11 Å². The molecule has 1 saturated carbocycles. The van der Waals surface area contributed by atoms with Crippen molar-refractivity contribution in [1.29, 1.82) is 0 Å². The number of hydrogen-bond acceptors (Lipinski definition) is 5. The second-order valence-electron chi connectivity index (χ2n) is 7.36. The molecule has 6 nitrogen and oxygen atoms in total. The molecule has 2 aliphatic rings. The minimum atomic E-state index is -1.50. The minimum Gasteiger partial charge on any atom is -0.497 e. The van der Waals surface area contributed by atoms with Crippen LogP contribution in [0.25, 0.3) is 0 Å². The molecule has 1 aliphatic heterocycles. The van der Waals surface area contributed by atoms with E-state index in [1.54, 1.807) is 38.3 Å². The third-order valence-electron chi connectivity index (χ3n) is 6.08. The average molecular weight is 379 g/mol. The largest absolute Gasteiger partial charge is 0.497 e. The summed E-state index contributed by atoms with van der Waals surface area (Å²) >= 11 is 0. The quantitative estimate of drug-likeness (QED) is 0.830. The van der Waals surface area contributed by atoms with Crippen molar-refractivity contribution in [3.8, 4) is 5.75 Å². The molecule has 2 unspecified atom stereocenters. The molecule has 28 heavy (non-hydrogen) atoms. The van der Waals surface area contributed by atoms with Crippen LogP contribution in [0.3, 0.4) is 0 Å². The Kier molecular flexibility index (Phi) is 4.41. The van der Waals surface area contributed by atoms with E-state index in [-0.39, 0.29) is 12.2 Å². The summed E-state index contributed by atoms with van der Waals surface area (Å²) in [5, 5.41) is 0. The number of carbonyl (C=O) groups is 3. The smallest absolute Gasteiger partial charge is 0.349 e. The first-order valence-corrected chi connectivity index (χ1v) is 9.23. The predicted molar refractivity (Wildman–Crippen MR) is 100 cm³/mol. The number of ketones is 1. The second-order valence-corrected chi connectivity index (χ2v) is 7.36. The monoisotopic (exact) mass is 379 g/mol. The fraction of sp³-hybridized carbons (Fsp3) is 0.318. The molecule has 4 rings (SSSR count). The van der Waals surface area contributed by atoms with E-state index in [0.29, 0.717) is 5.75 Å². The van der Waals surface area contributed by atoms with Gasteiger partial charge in [0.2, 0.25) is 0 Å². The average Bonchev–Trinajstić information content (AvgIpc) is 3.01. The Hall–Kier alpha value is -3.15. The molecule has 1 spiro atoms. The van der Waals surface area contributed by atoms with Crippen molar-refractivity contribution in [1.82, 2.24) is 5.48 Å². The van der Waals surface area contributed by atoms with Crippen LogP contribution >= 0.6 is 0 Å². The number of methoxy groups -OCH3 is 1. The number of carbonyl (C=O) groups excluding carboxylic acids is 3. The maximum atomic E-state index is 13.1. The van der Waals surface area contributed by atoms with E-state index in [9.17, 15) is 14.4 Å². The van der Waals surface area contributed by atoms with E-state index < -0.39 is 35.0 Å². The molecule has 144 valence electrons. The van der Waals surface area contributed by atoms with Crippen molar-refractivity contribution in [3.63, 3.8) is 0 Å². The standard InChI is InChI=1S/C22H21NO5/c1-13-18(24)12-17(14-8-10-16(27-2)11-9-14)22(20(25)23-28-21(22)26)19(13)15-6-4-3-5-7-15/h3-11,13,17,19H,12H2,1-2H3,(H,23,25)/t13-,17?,19-,22?/m0/s1. The molecule has 2 fully saturated rings. The normalized spacial score (nSPS) is 29.5. The minimum absolute atomic E-state index is 0.0211. The maximum absolute atomic E-state index is 13.1. The summed E-state index contributed by atoms with van der Waals surface area (Å²) in [6.07, 6.45) is 0.0966. The highest BCUT2D eigenvalue weighted by Gasteiger charge is 2.67. The molecule has 0 bridgehead atoms. The Balaban J connectivity index is 1.93. The van der Waals surface area contributed by atoms with Crippen molar-refractivity contribution in [2.45, 2.75) is 25.2 Å². The van der Waals surface area contributed by atoms with Gasteiger partial charge >= 0.3 is 5.97 Å². The lowest BCUT2D eigenvalue weighted by atomic mass is 9.53. The Morgan fingerprint density at radius 3 is 2.25 bits per heavy atom. The first-order valence-electron chi connectivity index (χ1n) is 9.23. The van der Waals surface area contributed by atoms with E-state index in [2.05, 4.69) is 5.48 Å². The Bertz CT molecular complexity index is 906. The van der Waals surface area contributed by atoms with Gasteiger partial charge in [-0.3, -0.25) is 9.59 Å². The highest BCUT2D eigenvalue weighted by atomic mass is 16.7. The van der Waals surface area contributed by atoms with Crippen LogP contribution in [-0.2, 0) is 19.2 Å². The van der Waals surface area contributed by atoms with Crippen molar-refractivity contribution < 1.29 is 24.0 Å². The number of benzene rings is 2. The van der Waals surface area contributed by atoms with Gasteiger partial charge in [0.1, 0.15) is 11.5 Å². The molecular formula is C22H21NO5. The first-order chi connectivity index (χ1) is 13.5. The van der Waals surface area contributed by atoms with Crippen LogP contribution in [0.2, 0.25) is 0 Å². The van der Waals surface area contributed by atoms with Crippen molar-refractivity contribution >= 4 is 17.7 Å². The Morgan fingerprint density at radius 1 is 1.00 bits per heavy atom. The zero-order valence-corrected chi connectivity index (χ0v) is 15.7. The first kappa shape index (κ1) is 18.2. The number of rotatable bonds is 3. The van der Waals surface area contributed by atoms with Crippen LogP contribution in [-0.4, -0.2) is 24.8 Å². The molecule has 1 aliphatic carbocycles.